The third kappa shape index (κ3) is 6.54. The maximum absolute atomic E-state index is 12.2. The summed E-state index contributed by atoms with van der Waals surface area (Å²) in [5, 5.41) is 58.8. The molecule has 206 valence electrons. The van der Waals surface area contributed by atoms with Crippen LogP contribution < -0.4 is 11.2 Å². The minimum atomic E-state index is -5.67. The molecule has 2 aliphatic rings. The topological polar surface area (TPSA) is 297 Å². The second-order valence-electron chi connectivity index (χ2n) is 7.57. The molecule has 9 N–H and O–H groups in total. The number of aliphatic hydroxyl groups excluding tert-OH is 6. The molecule has 3 heterocycles. The summed E-state index contributed by atoms with van der Waals surface area (Å²) in [4.78, 5) is 44.5. The predicted octanol–water partition coefficient (Wildman–Crippen LogP) is -4.79. The zero-order chi connectivity index (χ0) is 27.9. The highest BCUT2D eigenvalue weighted by Crippen LogP contribution is 2.61. The average molecular weight is 568 g/mol. The van der Waals surface area contributed by atoms with Crippen LogP contribution in [0.25, 0.3) is 0 Å². The molecule has 3 rings (SSSR count). The molecule has 0 saturated carbocycles. The van der Waals surface area contributed by atoms with Crippen LogP contribution in [0.15, 0.2) is 21.9 Å². The third-order valence-electron chi connectivity index (χ3n) is 5.06. The summed E-state index contributed by atoms with van der Waals surface area (Å²) in [6.07, 6.45) is -16.4. The van der Waals surface area contributed by atoms with Crippen LogP contribution in [-0.4, -0.2) is 112 Å². The Morgan fingerprint density at radius 2 is 1.61 bits per heavy atom. The van der Waals surface area contributed by atoms with E-state index in [1.54, 1.807) is 0 Å². The predicted molar refractivity (Wildman–Crippen MR) is 109 cm³/mol. The molecule has 0 amide bonds. The summed E-state index contributed by atoms with van der Waals surface area (Å²) in [5.41, 5.74) is -1.77. The number of hydrogen-bond acceptors (Lipinski definition) is 15. The van der Waals surface area contributed by atoms with E-state index in [0.29, 0.717) is 4.57 Å². The van der Waals surface area contributed by atoms with E-state index in [2.05, 4.69) is 13.4 Å². The molecule has 0 bridgehead atoms. The van der Waals surface area contributed by atoms with Gasteiger partial charge in [-0.15, -0.1) is 0 Å². The van der Waals surface area contributed by atoms with Crippen molar-refractivity contribution in [3.8, 4) is 0 Å². The van der Waals surface area contributed by atoms with E-state index in [9.17, 15) is 59.1 Å². The highest BCUT2D eigenvalue weighted by molar-refractivity contribution is 7.61. The molecule has 0 aromatic carbocycles. The van der Waals surface area contributed by atoms with E-state index >= 15 is 0 Å². The number of ether oxygens (including phenoxy) is 2. The van der Waals surface area contributed by atoms with Crippen molar-refractivity contribution in [2.24, 2.45) is 0 Å². The molecule has 21 heteroatoms. The number of nitrogens with zero attached hydrogens (tertiary/aromatic N) is 1. The number of phosphoric acid groups is 2. The van der Waals surface area contributed by atoms with E-state index in [-0.39, 0.29) is 0 Å². The molecule has 12 atom stereocenters. The van der Waals surface area contributed by atoms with Crippen molar-refractivity contribution in [3.63, 3.8) is 0 Å². The highest BCUT2D eigenvalue weighted by Gasteiger charge is 2.49. The molecule has 2 fully saturated rings. The fraction of sp³-hybridized carbons (Fsp3) is 0.733. The zero-order valence-electron chi connectivity index (χ0n) is 18.7. The summed E-state index contributed by atoms with van der Waals surface area (Å²) in [6.45, 7) is -3.25. The fourth-order valence-electron chi connectivity index (χ4n) is 3.28. The van der Waals surface area contributed by atoms with Crippen LogP contribution in [0.5, 0.6) is 0 Å². The Labute approximate surface area is 201 Å². The number of hydrogen-bond donors (Lipinski definition) is 9. The van der Waals surface area contributed by atoms with Crippen molar-refractivity contribution < 1.29 is 73.8 Å². The van der Waals surface area contributed by atoms with Crippen molar-refractivity contribution in [1.29, 1.82) is 0 Å². The van der Waals surface area contributed by atoms with Gasteiger partial charge in [0, 0.05) is 12.3 Å². The quantitative estimate of drug-likeness (QED) is 0.126. The second kappa shape index (κ2) is 11.2. The summed E-state index contributed by atoms with van der Waals surface area (Å²) in [7, 11) is -11.2. The van der Waals surface area contributed by atoms with Crippen molar-refractivity contribution in [1.82, 2.24) is 9.55 Å². The lowest BCUT2D eigenvalue weighted by atomic mass is 10.00. The molecular formula is C15H24N2O17P2. The molecule has 1 aromatic heterocycles. The highest BCUT2D eigenvalue weighted by atomic mass is 31.3. The normalized spacial score (nSPS) is 39.7. The lowest BCUT2D eigenvalue weighted by Gasteiger charge is -2.39. The van der Waals surface area contributed by atoms with Gasteiger partial charge in [-0.1, -0.05) is 0 Å². The first-order chi connectivity index (χ1) is 17.0. The molecule has 19 nitrogen and oxygen atoms in total. The molecule has 2 aliphatic heterocycles. The first-order valence-electron chi connectivity index (χ1n) is 10.4. The van der Waals surface area contributed by atoms with Gasteiger partial charge in [0.25, 0.3) is 5.56 Å². The number of rotatable bonds is 9. The maximum atomic E-state index is 12.2. The van der Waals surface area contributed by atoms with Crippen molar-refractivity contribution >= 4 is 15.6 Å². The van der Waals surface area contributed by atoms with Crippen molar-refractivity contribution in [2.45, 2.75) is 55.2 Å². The van der Waals surface area contributed by atoms with Crippen LogP contribution in [0.1, 0.15) is 7.60 Å². The van der Waals surface area contributed by atoms with E-state index in [4.69, 9.17) is 10.8 Å². The number of aromatic amines is 1. The Morgan fingerprint density at radius 1 is 0.972 bits per heavy atom. The summed E-state index contributed by atoms with van der Waals surface area (Å²) in [5.74, 6) is 0. The van der Waals surface area contributed by atoms with E-state index < -0.39 is 95.3 Å². The lowest BCUT2D eigenvalue weighted by molar-refractivity contribution is -0.280. The SMILES string of the molecule is [3H]C(O)[C@H]1O[C@H](OP(=O)(O)OP(=O)(O)OC[C@H]2O[C@@H](n3ccc(=O)[nH]c3=O)[C@H](O)[C@@H]2O)[C@H](O)[C@@H](O)[C@H]1O. The fourth-order valence-corrected chi connectivity index (χ4v) is 5.44. The summed E-state index contributed by atoms with van der Waals surface area (Å²) >= 11 is 0. The number of aliphatic hydroxyl groups is 6. The van der Waals surface area contributed by atoms with Crippen molar-refractivity contribution in [2.75, 3.05) is 13.2 Å². The van der Waals surface area contributed by atoms with E-state index in [1.165, 1.54) is 0 Å². The van der Waals surface area contributed by atoms with Gasteiger partial charge in [-0.2, -0.15) is 4.31 Å². The molecule has 1 aromatic rings. The average Bonchev–Trinajstić information content (AvgIpc) is 3.05. The van der Waals surface area contributed by atoms with Crippen LogP contribution in [0.4, 0.5) is 0 Å². The Hall–Kier alpha value is -1.38. The molecule has 0 aliphatic carbocycles. The van der Waals surface area contributed by atoms with Crippen LogP contribution in [0.3, 0.4) is 0 Å². The first kappa shape index (κ1) is 27.6. The van der Waals surface area contributed by atoms with Crippen LogP contribution in [0, 0.1) is 0 Å². The van der Waals surface area contributed by atoms with Gasteiger partial charge in [-0.05, 0) is 0 Å². The molecular weight excluding hydrogens is 542 g/mol. The number of aromatic nitrogens is 2. The Kier molecular flexibility index (Phi) is 8.57. The summed E-state index contributed by atoms with van der Waals surface area (Å²) in [6, 6.07) is 0.919. The van der Waals surface area contributed by atoms with Gasteiger partial charge < -0.3 is 49.9 Å². The van der Waals surface area contributed by atoms with Gasteiger partial charge >= 0.3 is 21.3 Å². The standard InChI is InChI=1S/C15H24N2O17P2/c18-3-5-8(20)10(22)12(24)14(32-5)33-36(28,29)34-35(26,27)30-4-6-9(21)11(23)13(31-6)17-2-1-7(19)16-15(17)25/h1-2,5-6,8-14,18,20-24H,3-4H2,(H,26,27)(H,28,29)(H,16,19,25)/t5-,6-,8+,9-,10+,11-,12-,13-,14-/m1/s1/i3T/t3?,5-,6-,8+,9-,10+,11-,12-,13-,14-. The molecule has 0 spiro atoms. The second-order valence-corrected chi connectivity index (χ2v) is 10.6. The lowest BCUT2D eigenvalue weighted by Crippen LogP contribution is -2.58. The minimum Gasteiger partial charge on any atom is -0.394 e. The number of nitrogens with one attached hydrogen (secondary N) is 1. The van der Waals surface area contributed by atoms with Gasteiger partial charge in [0.1, 0.15) is 42.7 Å². The third-order valence-corrected chi connectivity index (χ3v) is 7.66. The maximum Gasteiger partial charge on any atom is 0.483 e. The Balaban J connectivity index is 1.62. The van der Waals surface area contributed by atoms with Crippen LogP contribution in [-0.2, 0) is 32.0 Å². The summed E-state index contributed by atoms with van der Waals surface area (Å²) < 4.78 is 55.1. The molecule has 36 heavy (non-hydrogen) atoms. The van der Waals surface area contributed by atoms with Crippen LogP contribution in [0.2, 0.25) is 0 Å². The van der Waals surface area contributed by atoms with Gasteiger partial charge in [-0.3, -0.25) is 23.4 Å². The molecule has 3 unspecified atom stereocenters. The van der Waals surface area contributed by atoms with Gasteiger partial charge in [0.15, 0.2) is 12.5 Å². The Morgan fingerprint density at radius 3 is 2.22 bits per heavy atom. The Bertz CT molecular complexity index is 1160. The molecule has 0 radical (unpaired) electrons. The molecule has 2 saturated heterocycles. The minimum absolute atomic E-state index is 0.710. The van der Waals surface area contributed by atoms with Crippen LogP contribution >= 0.6 is 15.6 Å². The van der Waals surface area contributed by atoms with Gasteiger partial charge in [0.05, 0.1) is 14.6 Å². The first-order valence-corrected chi connectivity index (χ1v) is 12.8. The largest absolute Gasteiger partial charge is 0.483 e. The van der Waals surface area contributed by atoms with Crippen molar-refractivity contribution in [3.05, 3.63) is 33.1 Å². The monoisotopic (exact) mass is 568 g/mol. The van der Waals surface area contributed by atoms with Gasteiger partial charge in [0.2, 0.25) is 0 Å². The van der Waals surface area contributed by atoms with Gasteiger partial charge in [-0.25, -0.2) is 13.9 Å². The number of H-pyrrole nitrogens is 1. The number of phosphoric ester groups is 2. The smallest absolute Gasteiger partial charge is 0.394 e. The van der Waals surface area contributed by atoms with E-state index in [0.717, 1.165) is 12.3 Å². The van der Waals surface area contributed by atoms with E-state index in [1.807, 2.05) is 4.98 Å². The zero-order valence-corrected chi connectivity index (χ0v) is 19.5.